The number of sulfonamides is 1. The summed E-state index contributed by atoms with van der Waals surface area (Å²) in [6.07, 6.45) is 1.71. The molecule has 0 saturated carbocycles. The molecule has 12 heteroatoms. The average molecular weight is 544 g/mol. The summed E-state index contributed by atoms with van der Waals surface area (Å²) in [5.41, 5.74) is 0.678. The summed E-state index contributed by atoms with van der Waals surface area (Å²) in [5.74, 6) is -0.138. The molecule has 0 unspecified atom stereocenters. The SMILES string of the molecule is CCCNC(=O)[C@H](C)N(Cc1c(Cl)cccc1Cl)C(=O)CN(c1ccc2c(c1)OCO2)S(C)(=O)=O. The highest BCUT2D eigenvalue weighted by atomic mass is 35.5. The van der Waals surface area contributed by atoms with Gasteiger partial charge in [-0.15, -0.1) is 0 Å². The van der Waals surface area contributed by atoms with E-state index >= 15 is 0 Å². The fraction of sp³-hybridized carbons (Fsp3) is 0.391. The van der Waals surface area contributed by atoms with Gasteiger partial charge in [0.05, 0.1) is 11.9 Å². The van der Waals surface area contributed by atoms with Crippen LogP contribution >= 0.6 is 23.2 Å². The summed E-state index contributed by atoms with van der Waals surface area (Å²) in [6.45, 7) is 3.30. The summed E-state index contributed by atoms with van der Waals surface area (Å²) >= 11 is 12.6. The van der Waals surface area contributed by atoms with Gasteiger partial charge in [-0.05, 0) is 37.6 Å². The molecular formula is C23H27Cl2N3O6S. The summed E-state index contributed by atoms with van der Waals surface area (Å²) in [5, 5.41) is 3.42. The number of nitrogens with one attached hydrogen (secondary N) is 1. The number of hydrogen-bond donors (Lipinski definition) is 1. The van der Waals surface area contributed by atoms with Crippen molar-refractivity contribution >= 4 is 50.7 Å². The first-order chi connectivity index (χ1) is 16.5. The molecule has 1 atom stereocenters. The van der Waals surface area contributed by atoms with Crippen LogP contribution in [0.15, 0.2) is 36.4 Å². The number of halogens is 2. The molecule has 1 aliphatic rings. The minimum Gasteiger partial charge on any atom is -0.454 e. The topological polar surface area (TPSA) is 105 Å². The molecule has 0 saturated heterocycles. The number of hydrogen-bond acceptors (Lipinski definition) is 6. The Labute approximate surface area is 214 Å². The predicted octanol–water partition coefficient (Wildman–Crippen LogP) is 3.43. The van der Waals surface area contributed by atoms with Crippen molar-refractivity contribution in [3.63, 3.8) is 0 Å². The van der Waals surface area contributed by atoms with Crippen LogP contribution in [0.1, 0.15) is 25.8 Å². The maximum Gasteiger partial charge on any atom is 0.244 e. The molecule has 0 spiro atoms. The second-order valence-electron chi connectivity index (χ2n) is 8.00. The zero-order valence-corrected chi connectivity index (χ0v) is 21.9. The van der Waals surface area contributed by atoms with Crippen molar-refractivity contribution in [1.82, 2.24) is 10.2 Å². The van der Waals surface area contributed by atoms with Crippen LogP contribution in [-0.2, 0) is 26.2 Å². The lowest BCUT2D eigenvalue weighted by Gasteiger charge is -2.32. The van der Waals surface area contributed by atoms with Gasteiger partial charge in [0.1, 0.15) is 12.6 Å². The van der Waals surface area contributed by atoms with Gasteiger partial charge in [-0.1, -0.05) is 36.2 Å². The molecule has 0 bridgehead atoms. The van der Waals surface area contributed by atoms with Gasteiger partial charge >= 0.3 is 0 Å². The largest absolute Gasteiger partial charge is 0.454 e. The zero-order valence-electron chi connectivity index (χ0n) is 19.6. The molecule has 3 rings (SSSR count). The number of ether oxygens (including phenoxy) is 2. The van der Waals surface area contributed by atoms with Crippen LogP contribution in [0.5, 0.6) is 11.5 Å². The van der Waals surface area contributed by atoms with E-state index in [1.54, 1.807) is 31.2 Å². The van der Waals surface area contributed by atoms with Crippen LogP contribution < -0.4 is 19.1 Å². The fourth-order valence-corrected chi connectivity index (χ4v) is 4.84. The average Bonchev–Trinajstić information content (AvgIpc) is 3.27. The first-order valence-electron chi connectivity index (χ1n) is 10.9. The Balaban J connectivity index is 1.94. The van der Waals surface area contributed by atoms with Crippen LogP contribution in [0.3, 0.4) is 0 Å². The van der Waals surface area contributed by atoms with Crippen molar-refractivity contribution in [2.75, 3.05) is 30.4 Å². The maximum absolute atomic E-state index is 13.6. The number of rotatable bonds is 10. The first kappa shape index (κ1) is 26.9. The monoisotopic (exact) mass is 543 g/mol. The summed E-state index contributed by atoms with van der Waals surface area (Å²) in [6, 6.07) is 8.59. The van der Waals surface area contributed by atoms with E-state index in [1.165, 1.54) is 17.0 Å². The summed E-state index contributed by atoms with van der Waals surface area (Å²) in [7, 11) is -3.88. The van der Waals surface area contributed by atoms with E-state index in [4.69, 9.17) is 32.7 Å². The Bertz CT molecular complexity index is 1190. The number of amides is 2. The van der Waals surface area contributed by atoms with Gasteiger partial charge in [-0.25, -0.2) is 8.42 Å². The number of nitrogens with zero attached hydrogens (tertiary/aromatic N) is 2. The van der Waals surface area contributed by atoms with Gasteiger partial charge < -0.3 is 19.7 Å². The molecule has 0 radical (unpaired) electrons. The van der Waals surface area contributed by atoms with Crippen LogP contribution in [0.4, 0.5) is 5.69 Å². The predicted molar refractivity (Wildman–Crippen MR) is 135 cm³/mol. The molecule has 0 fully saturated rings. The van der Waals surface area contributed by atoms with Crippen LogP contribution in [-0.4, -0.2) is 57.3 Å². The normalized spacial score (nSPS) is 13.3. The molecule has 2 aromatic carbocycles. The molecule has 2 amide bonds. The second-order valence-corrected chi connectivity index (χ2v) is 10.7. The maximum atomic E-state index is 13.6. The van der Waals surface area contributed by atoms with Gasteiger partial charge in [-0.3, -0.25) is 13.9 Å². The Morgan fingerprint density at radius 3 is 2.40 bits per heavy atom. The third kappa shape index (κ3) is 6.50. The van der Waals surface area contributed by atoms with E-state index in [0.29, 0.717) is 40.1 Å². The molecule has 190 valence electrons. The Hall–Kier alpha value is -2.69. The molecule has 0 aromatic heterocycles. The van der Waals surface area contributed by atoms with E-state index < -0.39 is 28.5 Å². The van der Waals surface area contributed by atoms with Crippen LogP contribution in [0.25, 0.3) is 0 Å². The molecule has 1 heterocycles. The third-order valence-corrected chi connectivity index (χ3v) is 7.28. The Morgan fingerprint density at radius 1 is 1.11 bits per heavy atom. The molecule has 0 aliphatic carbocycles. The standard InChI is InChI=1S/C23H27Cl2N3O6S/c1-4-10-26-23(30)15(2)27(12-17-18(24)6-5-7-19(17)25)22(29)13-28(35(3,31)32)16-8-9-20-21(11-16)34-14-33-20/h5-9,11,15H,4,10,12-14H2,1-3H3,(H,26,30)/t15-/m0/s1. The van der Waals surface area contributed by atoms with Gasteiger partial charge in [0.25, 0.3) is 0 Å². The van der Waals surface area contributed by atoms with Crippen molar-refractivity contribution in [1.29, 1.82) is 0 Å². The molecule has 1 N–H and O–H groups in total. The van der Waals surface area contributed by atoms with Crippen LogP contribution in [0, 0.1) is 0 Å². The highest BCUT2D eigenvalue weighted by Crippen LogP contribution is 2.36. The smallest absolute Gasteiger partial charge is 0.244 e. The molecule has 1 aliphatic heterocycles. The van der Waals surface area contributed by atoms with Gasteiger partial charge in [-0.2, -0.15) is 0 Å². The quantitative estimate of drug-likeness (QED) is 0.492. The van der Waals surface area contributed by atoms with Gasteiger partial charge in [0, 0.05) is 34.8 Å². The van der Waals surface area contributed by atoms with E-state index in [9.17, 15) is 18.0 Å². The highest BCUT2D eigenvalue weighted by molar-refractivity contribution is 7.92. The molecule has 9 nitrogen and oxygen atoms in total. The summed E-state index contributed by atoms with van der Waals surface area (Å²) < 4.78 is 36.9. The minimum atomic E-state index is -3.88. The van der Waals surface area contributed by atoms with E-state index in [1.807, 2.05) is 6.92 Å². The molecular weight excluding hydrogens is 517 g/mol. The number of fused-ring (bicyclic) bond motifs is 1. The fourth-order valence-electron chi connectivity index (χ4n) is 3.49. The number of carbonyl (C=O) groups is 2. The lowest BCUT2D eigenvalue weighted by atomic mass is 10.1. The Kier molecular flexibility index (Phi) is 8.74. The third-order valence-electron chi connectivity index (χ3n) is 5.43. The number of benzene rings is 2. The number of anilines is 1. The van der Waals surface area contributed by atoms with Crippen molar-refractivity contribution < 1.29 is 27.5 Å². The lowest BCUT2D eigenvalue weighted by Crippen LogP contribution is -2.51. The molecule has 2 aromatic rings. The van der Waals surface area contributed by atoms with E-state index in [0.717, 1.165) is 10.6 Å². The van der Waals surface area contributed by atoms with E-state index in [-0.39, 0.29) is 24.9 Å². The van der Waals surface area contributed by atoms with Gasteiger partial charge in [0.2, 0.25) is 28.6 Å². The number of carbonyl (C=O) groups excluding carboxylic acids is 2. The minimum absolute atomic E-state index is 0.0212. The van der Waals surface area contributed by atoms with Crippen LogP contribution in [0.2, 0.25) is 10.0 Å². The van der Waals surface area contributed by atoms with Gasteiger partial charge in [0.15, 0.2) is 11.5 Å². The van der Waals surface area contributed by atoms with Crippen molar-refractivity contribution in [3.8, 4) is 11.5 Å². The zero-order chi connectivity index (χ0) is 25.8. The van der Waals surface area contributed by atoms with Crippen molar-refractivity contribution in [3.05, 3.63) is 52.0 Å². The molecule has 35 heavy (non-hydrogen) atoms. The summed E-state index contributed by atoms with van der Waals surface area (Å²) in [4.78, 5) is 27.6. The first-order valence-corrected chi connectivity index (χ1v) is 13.5. The highest BCUT2D eigenvalue weighted by Gasteiger charge is 2.31. The van der Waals surface area contributed by atoms with Crippen molar-refractivity contribution in [2.24, 2.45) is 0 Å². The van der Waals surface area contributed by atoms with Crippen molar-refractivity contribution in [2.45, 2.75) is 32.9 Å². The second kappa shape index (κ2) is 11.4. The van der Waals surface area contributed by atoms with E-state index in [2.05, 4.69) is 5.32 Å². The Morgan fingerprint density at radius 2 is 1.77 bits per heavy atom. The lowest BCUT2D eigenvalue weighted by molar-refractivity contribution is -0.139.